The number of carbonyl (C=O) groups excluding carboxylic acids is 1. The van der Waals surface area contributed by atoms with Gasteiger partial charge in [-0.15, -0.1) is 0 Å². The van der Waals surface area contributed by atoms with Crippen LogP contribution in [0.3, 0.4) is 0 Å². The number of hydrogen-bond acceptors (Lipinski definition) is 4. The van der Waals surface area contributed by atoms with Gasteiger partial charge in [0.25, 0.3) is 5.91 Å². The first-order valence-corrected chi connectivity index (χ1v) is 6.92. The van der Waals surface area contributed by atoms with E-state index in [1.165, 1.54) is 6.20 Å². The zero-order chi connectivity index (χ0) is 13.9. The molecule has 1 aromatic heterocycles. The Kier molecular flexibility index (Phi) is 3.60. The number of nitrogens with one attached hydrogen (secondary N) is 1. The van der Waals surface area contributed by atoms with Gasteiger partial charge in [0.1, 0.15) is 5.69 Å². The molecular formula is C15H17N3O2. The number of fused-ring (bicyclic) bond motifs is 1. The molecule has 1 fully saturated rings. The van der Waals surface area contributed by atoms with Gasteiger partial charge in [0.05, 0.1) is 23.3 Å². The highest BCUT2D eigenvalue weighted by atomic mass is 16.3. The maximum atomic E-state index is 12.1. The van der Waals surface area contributed by atoms with Crippen LogP contribution in [0.4, 0.5) is 0 Å². The summed E-state index contributed by atoms with van der Waals surface area (Å²) in [6.07, 6.45) is 4.01. The molecule has 2 atom stereocenters. The molecule has 104 valence electrons. The Morgan fingerprint density at radius 1 is 1.30 bits per heavy atom. The summed E-state index contributed by atoms with van der Waals surface area (Å²) in [6, 6.07) is 7.45. The van der Waals surface area contributed by atoms with Gasteiger partial charge in [0, 0.05) is 12.5 Å². The lowest BCUT2D eigenvalue weighted by Crippen LogP contribution is -2.32. The molecule has 1 saturated carbocycles. The third-order valence-electron chi connectivity index (χ3n) is 3.82. The number of aliphatic hydroxyl groups excluding tert-OH is 1. The number of aromatic nitrogens is 2. The van der Waals surface area contributed by atoms with Crippen LogP contribution in [-0.2, 0) is 0 Å². The highest BCUT2D eigenvalue weighted by Crippen LogP contribution is 2.24. The highest BCUT2D eigenvalue weighted by Gasteiger charge is 2.25. The molecule has 20 heavy (non-hydrogen) atoms. The van der Waals surface area contributed by atoms with E-state index in [1.807, 2.05) is 24.3 Å². The second-order valence-electron chi connectivity index (χ2n) is 5.21. The third-order valence-corrected chi connectivity index (χ3v) is 3.82. The molecule has 1 amide bonds. The molecule has 1 aromatic carbocycles. The number of amides is 1. The van der Waals surface area contributed by atoms with Gasteiger partial charge in [-0.2, -0.15) is 0 Å². The van der Waals surface area contributed by atoms with Crippen molar-refractivity contribution < 1.29 is 9.90 Å². The normalized spacial score (nSPS) is 22.1. The van der Waals surface area contributed by atoms with Gasteiger partial charge in [-0.3, -0.25) is 9.78 Å². The molecule has 2 unspecified atom stereocenters. The molecule has 1 aliphatic rings. The predicted molar refractivity (Wildman–Crippen MR) is 75.2 cm³/mol. The highest BCUT2D eigenvalue weighted by molar-refractivity contribution is 5.93. The van der Waals surface area contributed by atoms with Crippen LogP contribution in [0, 0.1) is 5.92 Å². The van der Waals surface area contributed by atoms with Gasteiger partial charge in [-0.1, -0.05) is 18.6 Å². The molecule has 2 N–H and O–H groups in total. The molecule has 5 heteroatoms. The zero-order valence-corrected chi connectivity index (χ0v) is 11.1. The Morgan fingerprint density at radius 3 is 2.85 bits per heavy atom. The van der Waals surface area contributed by atoms with Crippen molar-refractivity contribution in [3.63, 3.8) is 0 Å². The average Bonchev–Trinajstić information content (AvgIpc) is 2.89. The van der Waals surface area contributed by atoms with Crippen molar-refractivity contribution in [1.82, 2.24) is 15.3 Å². The second kappa shape index (κ2) is 5.54. The molecule has 2 aromatic rings. The van der Waals surface area contributed by atoms with Crippen molar-refractivity contribution in [2.45, 2.75) is 25.4 Å². The van der Waals surface area contributed by atoms with E-state index < -0.39 is 0 Å². The van der Waals surface area contributed by atoms with Crippen LogP contribution in [-0.4, -0.2) is 33.6 Å². The minimum atomic E-state index is -0.294. The van der Waals surface area contributed by atoms with Crippen molar-refractivity contribution in [2.24, 2.45) is 5.92 Å². The minimum Gasteiger partial charge on any atom is -0.393 e. The first kappa shape index (κ1) is 13.0. The van der Waals surface area contributed by atoms with Crippen LogP contribution >= 0.6 is 0 Å². The first-order chi connectivity index (χ1) is 9.74. The van der Waals surface area contributed by atoms with E-state index >= 15 is 0 Å². The van der Waals surface area contributed by atoms with Crippen LogP contribution in [0.25, 0.3) is 11.0 Å². The summed E-state index contributed by atoms with van der Waals surface area (Å²) in [6.45, 7) is 0.495. The van der Waals surface area contributed by atoms with Crippen molar-refractivity contribution >= 4 is 16.9 Å². The van der Waals surface area contributed by atoms with E-state index in [-0.39, 0.29) is 17.9 Å². The maximum Gasteiger partial charge on any atom is 0.271 e. The summed E-state index contributed by atoms with van der Waals surface area (Å²) in [5.74, 6) is -0.0743. The number of para-hydroxylation sites is 2. The van der Waals surface area contributed by atoms with Crippen molar-refractivity contribution in [3.05, 3.63) is 36.2 Å². The van der Waals surface area contributed by atoms with Crippen LogP contribution < -0.4 is 5.32 Å². The number of rotatable bonds is 3. The Morgan fingerprint density at radius 2 is 2.10 bits per heavy atom. The van der Waals surface area contributed by atoms with Crippen LogP contribution in [0.2, 0.25) is 0 Å². The predicted octanol–water partition coefficient (Wildman–Crippen LogP) is 1.52. The minimum absolute atomic E-state index is 0.160. The summed E-state index contributed by atoms with van der Waals surface area (Å²) in [4.78, 5) is 20.6. The quantitative estimate of drug-likeness (QED) is 0.887. The third kappa shape index (κ3) is 2.63. The molecule has 0 bridgehead atoms. The molecule has 3 rings (SSSR count). The molecule has 1 heterocycles. The van der Waals surface area contributed by atoms with Crippen molar-refractivity contribution in [2.75, 3.05) is 6.54 Å². The number of carbonyl (C=O) groups is 1. The molecular weight excluding hydrogens is 254 g/mol. The molecule has 0 spiro atoms. The summed E-state index contributed by atoms with van der Waals surface area (Å²) in [7, 11) is 0. The van der Waals surface area contributed by atoms with E-state index in [9.17, 15) is 9.90 Å². The molecule has 0 saturated heterocycles. The average molecular weight is 271 g/mol. The number of aliphatic hydroxyl groups is 1. The monoisotopic (exact) mass is 271 g/mol. The fraction of sp³-hybridized carbons (Fsp3) is 0.400. The topological polar surface area (TPSA) is 75.1 Å². The first-order valence-electron chi connectivity index (χ1n) is 6.92. The fourth-order valence-corrected chi connectivity index (χ4v) is 2.64. The standard InChI is InChI=1S/C15H17N3O2/c19-14-7-3-4-10(14)8-17-15(20)13-9-16-11-5-1-2-6-12(11)18-13/h1-2,5-6,9-10,14,19H,3-4,7-8H2,(H,17,20). The molecule has 5 nitrogen and oxygen atoms in total. The van der Waals surface area contributed by atoms with Crippen LogP contribution in [0.15, 0.2) is 30.5 Å². The SMILES string of the molecule is O=C(NCC1CCCC1O)c1cnc2ccccc2n1. The molecule has 0 aliphatic heterocycles. The van der Waals surface area contributed by atoms with E-state index in [2.05, 4.69) is 15.3 Å². The lowest BCUT2D eigenvalue weighted by atomic mass is 10.1. The van der Waals surface area contributed by atoms with Crippen LogP contribution in [0.1, 0.15) is 29.8 Å². The summed E-state index contributed by atoms with van der Waals surface area (Å²) < 4.78 is 0. The van der Waals surface area contributed by atoms with E-state index in [0.717, 1.165) is 24.8 Å². The Bertz CT molecular complexity index is 629. The lowest BCUT2D eigenvalue weighted by molar-refractivity contribution is 0.0912. The Hall–Kier alpha value is -2.01. The number of hydrogen-bond donors (Lipinski definition) is 2. The van der Waals surface area contributed by atoms with Gasteiger partial charge in [-0.25, -0.2) is 4.98 Å². The number of nitrogens with zero attached hydrogens (tertiary/aromatic N) is 2. The fourth-order valence-electron chi connectivity index (χ4n) is 2.64. The maximum absolute atomic E-state index is 12.1. The Balaban J connectivity index is 1.69. The molecule has 0 radical (unpaired) electrons. The zero-order valence-electron chi connectivity index (χ0n) is 11.1. The number of benzene rings is 1. The smallest absolute Gasteiger partial charge is 0.271 e. The van der Waals surface area contributed by atoms with E-state index in [0.29, 0.717) is 17.8 Å². The van der Waals surface area contributed by atoms with Crippen LogP contribution in [0.5, 0.6) is 0 Å². The second-order valence-corrected chi connectivity index (χ2v) is 5.21. The van der Waals surface area contributed by atoms with E-state index in [4.69, 9.17) is 0 Å². The van der Waals surface area contributed by atoms with Crippen molar-refractivity contribution in [1.29, 1.82) is 0 Å². The largest absolute Gasteiger partial charge is 0.393 e. The van der Waals surface area contributed by atoms with Gasteiger partial charge in [0.15, 0.2) is 0 Å². The van der Waals surface area contributed by atoms with Crippen molar-refractivity contribution in [3.8, 4) is 0 Å². The van der Waals surface area contributed by atoms with Gasteiger partial charge in [0.2, 0.25) is 0 Å². The molecule has 1 aliphatic carbocycles. The lowest BCUT2D eigenvalue weighted by Gasteiger charge is -2.14. The van der Waals surface area contributed by atoms with Gasteiger partial charge >= 0.3 is 0 Å². The summed E-state index contributed by atoms with van der Waals surface area (Å²) >= 11 is 0. The van der Waals surface area contributed by atoms with E-state index in [1.54, 1.807) is 0 Å². The Labute approximate surface area is 117 Å². The van der Waals surface area contributed by atoms with Gasteiger partial charge in [-0.05, 0) is 25.0 Å². The van der Waals surface area contributed by atoms with Gasteiger partial charge < -0.3 is 10.4 Å². The summed E-state index contributed by atoms with van der Waals surface area (Å²) in [5, 5.41) is 12.6. The summed E-state index contributed by atoms with van der Waals surface area (Å²) in [5.41, 5.74) is 1.80.